The first-order valence-corrected chi connectivity index (χ1v) is 5.86. The van der Waals surface area contributed by atoms with Gasteiger partial charge in [0.05, 0.1) is 5.69 Å². The van der Waals surface area contributed by atoms with Crippen molar-refractivity contribution in [2.75, 3.05) is 11.4 Å². The van der Waals surface area contributed by atoms with Crippen LogP contribution in [-0.2, 0) is 0 Å². The Bertz CT molecular complexity index is 490. The van der Waals surface area contributed by atoms with E-state index in [-0.39, 0.29) is 6.03 Å². The van der Waals surface area contributed by atoms with Gasteiger partial charge >= 0.3 is 6.03 Å². The van der Waals surface area contributed by atoms with Crippen molar-refractivity contribution in [2.45, 2.75) is 6.42 Å². The summed E-state index contributed by atoms with van der Waals surface area (Å²) < 4.78 is 0. The summed E-state index contributed by atoms with van der Waals surface area (Å²) in [5.41, 5.74) is 2.03. The lowest BCUT2D eigenvalue weighted by Crippen LogP contribution is -2.50. The first kappa shape index (κ1) is 10.1. The first-order valence-electron chi connectivity index (χ1n) is 5.86. The smallest absolute Gasteiger partial charge is 0.326 e. The summed E-state index contributed by atoms with van der Waals surface area (Å²) >= 11 is 0. The van der Waals surface area contributed by atoms with E-state index in [1.165, 1.54) is 0 Å². The molecule has 1 aliphatic heterocycles. The van der Waals surface area contributed by atoms with Crippen molar-refractivity contribution in [3.05, 3.63) is 54.3 Å². The van der Waals surface area contributed by atoms with E-state index in [1.54, 1.807) is 4.90 Å². The monoisotopic (exact) mass is 226 g/mol. The zero-order valence-electron chi connectivity index (χ0n) is 9.47. The number of benzene rings is 1. The van der Waals surface area contributed by atoms with E-state index in [9.17, 15) is 4.79 Å². The lowest BCUT2D eigenvalue weighted by molar-refractivity contribution is 0.241. The number of hydrogen-bond donors (Lipinski definition) is 1. The van der Waals surface area contributed by atoms with Gasteiger partial charge in [0, 0.05) is 18.2 Å². The van der Waals surface area contributed by atoms with Crippen molar-refractivity contribution in [1.29, 1.82) is 0 Å². The molecule has 1 unspecified atom stereocenters. The maximum absolute atomic E-state index is 12.0. The van der Waals surface area contributed by atoms with Gasteiger partial charge in [-0.1, -0.05) is 30.4 Å². The number of anilines is 1. The second-order valence-corrected chi connectivity index (χ2v) is 4.31. The Kier molecular flexibility index (Phi) is 2.44. The normalized spacial score (nSPS) is 22.8. The number of amides is 2. The SMILES string of the molecule is O=C1NCC2CC=CC=C2N1c1ccccc1. The van der Waals surface area contributed by atoms with Gasteiger partial charge in [0.2, 0.25) is 0 Å². The maximum Gasteiger partial charge on any atom is 0.326 e. The molecule has 0 saturated carbocycles. The molecule has 1 fully saturated rings. The van der Waals surface area contributed by atoms with Gasteiger partial charge in [-0.15, -0.1) is 0 Å². The Morgan fingerprint density at radius 3 is 2.88 bits per heavy atom. The van der Waals surface area contributed by atoms with Crippen LogP contribution in [0, 0.1) is 5.92 Å². The molecule has 1 aliphatic carbocycles. The van der Waals surface area contributed by atoms with E-state index < -0.39 is 0 Å². The van der Waals surface area contributed by atoms with Crippen molar-refractivity contribution in [2.24, 2.45) is 5.92 Å². The number of para-hydroxylation sites is 1. The van der Waals surface area contributed by atoms with Crippen LogP contribution in [0.25, 0.3) is 0 Å². The summed E-state index contributed by atoms with van der Waals surface area (Å²) in [6, 6.07) is 9.74. The molecule has 17 heavy (non-hydrogen) atoms. The number of urea groups is 1. The molecule has 3 rings (SSSR count). The minimum absolute atomic E-state index is 0.0333. The molecule has 3 heteroatoms. The molecule has 3 nitrogen and oxygen atoms in total. The minimum Gasteiger partial charge on any atom is -0.337 e. The highest BCUT2D eigenvalue weighted by Crippen LogP contribution is 2.30. The van der Waals surface area contributed by atoms with E-state index >= 15 is 0 Å². The largest absolute Gasteiger partial charge is 0.337 e. The topological polar surface area (TPSA) is 32.3 Å². The third-order valence-corrected chi connectivity index (χ3v) is 3.22. The average molecular weight is 226 g/mol. The van der Waals surface area contributed by atoms with Crippen molar-refractivity contribution < 1.29 is 4.79 Å². The maximum atomic E-state index is 12.0. The van der Waals surface area contributed by atoms with Crippen LogP contribution in [0.4, 0.5) is 10.5 Å². The highest BCUT2D eigenvalue weighted by molar-refractivity contribution is 5.96. The fourth-order valence-corrected chi connectivity index (χ4v) is 2.36. The number of carbonyl (C=O) groups excluding carboxylic acids is 1. The molecule has 1 aromatic carbocycles. The van der Waals surface area contributed by atoms with Gasteiger partial charge < -0.3 is 5.32 Å². The molecule has 1 aromatic rings. The van der Waals surface area contributed by atoms with Crippen LogP contribution in [0.3, 0.4) is 0 Å². The van der Waals surface area contributed by atoms with Crippen LogP contribution < -0.4 is 10.2 Å². The van der Waals surface area contributed by atoms with E-state index in [1.807, 2.05) is 42.5 Å². The Morgan fingerprint density at radius 2 is 2.06 bits per heavy atom. The number of allylic oxidation sites excluding steroid dienone is 3. The molecule has 2 aliphatic rings. The zero-order valence-corrected chi connectivity index (χ0v) is 9.47. The summed E-state index contributed by atoms with van der Waals surface area (Å²) in [7, 11) is 0. The van der Waals surface area contributed by atoms with Crippen molar-refractivity contribution >= 4 is 11.7 Å². The molecule has 1 atom stereocenters. The van der Waals surface area contributed by atoms with Gasteiger partial charge in [0.15, 0.2) is 0 Å². The van der Waals surface area contributed by atoms with Crippen molar-refractivity contribution in [3.63, 3.8) is 0 Å². The highest BCUT2D eigenvalue weighted by atomic mass is 16.2. The van der Waals surface area contributed by atoms with Crippen LogP contribution >= 0.6 is 0 Å². The molecule has 0 bridgehead atoms. The molecule has 1 heterocycles. The highest BCUT2D eigenvalue weighted by Gasteiger charge is 2.31. The summed E-state index contributed by atoms with van der Waals surface area (Å²) in [6.07, 6.45) is 7.21. The number of rotatable bonds is 1. The van der Waals surface area contributed by atoms with Gasteiger partial charge in [0.25, 0.3) is 0 Å². The van der Waals surface area contributed by atoms with E-state index in [0.29, 0.717) is 5.92 Å². The number of carbonyl (C=O) groups is 1. The van der Waals surface area contributed by atoms with Crippen LogP contribution in [-0.4, -0.2) is 12.6 Å². The molecule has 0 aromatic heterocycles. The van der Waals surface area contributed by atoms with Crippen LogP contribution in [0.5, 0.6) is 0 Å². The van der Waals surface area contributed by atoms with Crippen molar-refractivity contribution in [1.82, 2.24) is 5.32 Å². The molecular formula is C14H14N2O. The van der Waals surface area contributed by atoms with Crippen LogP contribution in [0.2, 0.25) is 0 Å². The van der Waals surface area contributed by atoms with E-state index in [0.717, 1.165) is 24.4 Å². The Balaban J connectivity index is 2.03. The quantitative estimate of drug-likeness (QED) is 0.784. The molecule has 0 radical (unpaired) electrons. The zero-order chi connectivity index (χ0) is 11.7. The van der Waals surface area contributed by atoms with Crippen LogP contribution in [0.1, 0.15) is 6.42 Å². The standard InChI is InChI=1S/C14H14N2O/c17-14-15-10-11-6-4-5-9-13(11)16(14)12-7-2-1-3-8-12/h1-5,7-9,11H,6,10H2,(H,15,17). The minimum atomic E-state index is -0.0333. The third kappa shape index (κ3) is 1.73. The fourth-order valence-electron chi connectivity index (χ4n) is 2.36. The molecule has 86 valence electrons. The summed E-state index contributed by atoms with van der Waals surface area (Å²) in [5, 5.41) is 2.94. The third-order valence-electron chi connectivity index (χ3n) is 3.22. The lowest BCUT2D eigenvalue weighted by Gasteiger charge is -2.36. The number of fused-ring (bicyclic) bond motifs is 1. The number of nitrogens with zero attached hydrogens (tertiary/aromatic N) is 1. The fraction of sp³-hybridized carbons (Fsp3) is 0.214. The second-order valence-electron chi connectivity index (χ2n) is 4.31. The predicted octanol–water partition coefficient (Wildman–Crippen LogP) is 2.68. The molecule has 1 saturated heterocycles. The Morgan fingerprint density at radius 1 is 1.24 bits per heavy atom. The molecule has 1 N–H and O–H groups in total. The summed E-state index contributed by atoms with van der Waals surface area (Å²) in [5.74, 6) is 0.401. The van der Waals surface area contributed by atoms with Crippen molar-refractivity contribution in [3.8, 4) is 0 Å². The Labute approximate surface area is 100 Å². The number of nitrogens with one attached hydrogen (secondary N) is 1. The second kappa shape index (κ2) is 4.09. The average Bonchev–Trinajstić information content (AvgIpc) is 2.39. The van der Waals surface area contributed by atoms with Gasteiger partial charge in [-0.3, -0.25) is 4.90 Å². The van der Waals surface area contributed by atoms with Gasteiger partial charge in [0.1, 0.15) is 0 Å². The van der Waals surface area contributed by atoms with Gasteiger partial charge in [-0.05, 0) is 24.6 Å². The van der Waals surface area contributed by atoms with Gasteiger partial charge in [-0.2, -0.15) is 0 Å². The van der Waals surface area contributed by atoms with Crippen LogP contribution in [0.15, 0.2) is 54.3 Å². The molecular weight excluding hydrogens is 212 g/mol. The molecule has 2 amide bonds. The first-order chi connectivity index (χ1) is 8.36. The number of hydrogen-bond acceptors (Lipinski definition) is 1. The van der Waals surface area contributed by atoms with E-state index in [4.69, 9.17) is 0 Å². The predicted molar refractivity (Wildman–Crippen MR) is 67.6 cm³/mol. The van der Waals surface area contributed by atoms with Gasteiger partial charge in [-0.25, -0.2) is 4.79 Å². The lowest BCUT2D eigenvalue weighted by atomic mass is 9.93. The summed E-state index contributed by atoms with van der Waals surface area (Å²) in [6.45, 7) is 0.734. The van der Waals surface area contributed by atoms with E-state index in [2.05, 4.69) is 11.4 Å². The summed E-state index contributed by atoms with van der Waals surface area (Å²) in [4.78, 5) is 13.8. The Hall–Kier alpha value is -2.03. The molecule has 0 spiro atoms.